The number of hydrogen-bond donors (Lipinski definition) is 1. The number of sulfone groups is 1. The van der Waals surface area contributed by atoms with Crippen LogP contribution in [-0.4, -0.2) is 27.0 Å². The molecule has 1 aromatic rings. The van der Waals surface area contributed by atoms with Gasteiger partial charge in [0.2, 0.25) is 0 Å². The first-order valence-electron chi connectivity index (χ1n) is 4.86. The average molecular weight is 267 g/mol. The molecule has 0 aliphatic carbocycles. The number of benzene rings is 1. The fourth-order valence-corrected chi connectivity index (χ4v) is 1.89. The second kappa shape index (κ2) is 5.39. The van der Waals surface area contributed by atoms with E-state index in [1.807, 2.05) is 0 Å². The molecular formula is C10H12F3NO2S. The van der Waals surface area contributed by atoms with E-state index in [0.717, 1.165) is 18.4 Å². The van der Waals surface area contributed by atoms with Gasteiger partial charge in [-0.15, -0.1) is 0 Å². The Hall–Kier alpha value is -1.24. The zero-order valence-corrected chi connectivity index (χ0v) is 9.95. The third kappa shape index (κ3) is 4.26. The highest BCUT2D eigenvalue weighted by molar-refractivity contribution is 7.90. The summed E-state index contributed by atoms with van der Waals surface area (Å²) in [6.45, 7) is 0.162. The van der Waals surface area contributed by atoms with Gasteiger partial charge in [-0.25, -0.2) is 21.6 Å². The van der Waals surface area contributed by atoms with Crippen molar-refractivity contribution in [1.82, 2.24) is 0 Å². The van der Waals surface area contributed by atoms with Crippen molar-refractivity contribution in [3.05, 3.63) is 29.6 Å². The molecule has 0 fully saturated rings. The summed E-state index contributed by atoms with van der Waals surface area (Å²) < 4.78 is 60.1. The summed E-state index contributed by atoms with van der Waals surface area (Å²) in [5.41, 5.74) is -0.183. The van der Waals surface area contributed by atoms with Crippen molar-refractivity contribution >= 4 is 15.5 Å². The lowest BCUT2D eigenvalue weighted by Crippen LogP contribution is -2.11. The standard InChI is InChI=1S/C10H12F3NO2S/c1-17(15,16)6-2-5-14-8-4-3-7(11)9(12)10(8)13/h3-4,14H,2,5-6H2,1H3. The summed E-state index contributed by atoms with van der Waals surface area (Å²) in [7, 11) is -3.07. The van der Waals surface area contributed by atoms with E-state index in [1.54, 1.807) is 0 Å². The molecule has 0 spiro atoms. The third-order valence-corrected chi connectivity index (χ3v) is 3.07. The second-order valence-electron chi connectivity index (χ2n) is 3.63. The van der Waals surface area contributed by atoms with Gasteiger partial charge in [-0.3, -0.25) is 0 Å². The van der Waals surface area contributed by atoms with E-state index in [-0.39, 0.29) is 24.4 Å². The molecule has 1 aromatic carbocycles. The van der Waals surface area contributed by atoms with Crippen LogP contribution in [0.2, 0.25) is 0 Å². The first-order chi connectivity index (χ1) is 7.81. The fourth-order valence-electron chi connectivity index (χ4n) is 1.22. The molecule has 0 saturated carbocycles. The summed E-state index contributed by atoms with van der Waals surface area (Å²) in [5, 5.41) is 2.51. The van der Waals surface area contributed by atoms with Crippen LogP contribution in [-0.2, 0) is 9.84 Å². The Morgan fingerprint density at radius 1 is 1.18 bits per heavy atom. The fraction of sp³-hybridized carbons (Fsp3) is 0.400. The molecule has 0 saturated heterocycles. The van der Waals surface area contributed by atoms with Crippen molar-refractivity contribution in [2.45, 2.75) is 6.42 Å². The van der Waals surface area contributed by atoms with Crippen molar-refractivity contribution < 1.29 is 21.6 Å². The molecule has 0 amide bonds. The Balaban J connectivity index is 2.56. The Bertz CT molecular complexity index is 503. The maximum atomic E-state index is 13.1. The molecule has 1 rings (SSSR count). The molecule has 0 unspecified atom stereocenters. The Labute approximate surface area is 97.6 Å². The third-order valence-electron chi connectivity index (χ3n) is 2.04. The van der Waals surface area contributed by atoms with E-state index in [0.29, 0.717) is 0 Å². The van der Waals surface area contributed by atoms with E-state index < -0.39 is 27.3 Å². The molecule has 0 atom stereocenters. The maximum Gasteiger partial charge on any atom is 0.196 e. The number of hydrogen-bond acceptors (Lipinski definition) is 3. The second-order valence-corrected chi connectivity index (χ2v) is 5.89. The number of halogens is 3. The van der Waals surface area contributed by atoms with Crippen LogP contribution in [0.15, 0.2) is 12.1 Å². The summed E-state index contributed by atoms with van der Waals surface area (Å²) in [6, 6.07) is 1.87. The van der Waals surface area contributed by atoms with Gasteiger partial charge in [-0.1, -0.05) is 0 Å². The molecule has 7 heteroatoms. The van der Waals surface area contributed by atoms with Gasteiger partial charge < -0.3 is 5.32 Å². The normalized spacial score (nSPS) is 11.5. The predicted octanol–water partition coefficient (Wildman–Crippen LogP) is 1.95. The Morgan fingerprint density at radius 3 is 2.41 bits per heavy atom. The lowest BCUT2D eigenvalue weighted by Gasteiger charge is -2.07. The quantitative estimate of drug-likeness (QED) is 0.655. The van der Waals surface area contributed by atoms with E-state index in [2.05, 4.69) is 5.32 Å². The van der Waals surface area contributed by atoms with E-state index in [4.69, 9.17) is 0 Å². The van der Waals surface area contributed by atoms with Crippen LogP contribution in [0.5, 0.6) is 0 Å². The molecule has 0 aliphatic heterocycles. The zero-order valence-electron chi connectivity index (χ0n) is 9.13. The van der Waals surface area contributed by atoms with Gasteiger partial charge in [-0.05, 0) is 18.6 Å². The van der Waals surface area contributed by atoms with E-state index in [9.17, 15) is 21.6 Å². The number of nitrogens with one attached hydrogen (secondary N) is 1. The predicted molar refractivity (Wildman–Crippen MR) is 59.1 cm³/mol. The molecule has 0 aromatic heterocycles. The van der Waals surface area contributed by atoms with Gasteiger partial charge in [0.1, 0.15) is 9.84 Å². The highest BCUT2D eigenvalue weighted by Crippen LogP contribution is 2.19. The van der Waals surface area contributed by atoms with Crippen molar-refractivity contribution in [2.24, 2.45) is 0 Å². The highest BCUT2D eigenvalue weighted by Gasteiger charge is 2.12. The minimum atomic E-state index is -3.07. The van der Waals surface area contributed by atoms with Crippen molar-refractivity contribution in [2.75, 3.05) is 23.9 Å². The summed E-state index contributed by atoms with van der Waals surface area (Å²) in [5.74, 6) is -4.16. The van der Waals surface area contributed by atoms with Gasteiger partial charge >= 0.3 is 0 Å². The minimum absolute atomic E-state index is 0.0503. The molecular weight excluding hydrogens is 255 g/mol. The first-order valence-corrected chi connectivity index (χ1v) is 6.92. The average Bonchev–Trinajstić information content (AvgIpc) is 2.22. The number of rotatable bonds is 5. The number of anilines is 1. The van der Waals surface area contributed by atoms with Crippen LogP contribution in [0.4, 0.5) is 18.9 Å². The Kier molecular flexibility index (Phi) is 4.39. The van der Waals surface area contributed by atoms with Crippen molar-refractivity contribution in [3.63, 3.8) is 0 Å². The largest absolute Gasteiger partial charge is 0.383 e. The Morgan fingerprint density at radius 2 is 1.82 bits per heavy atom. The van der Waals surface area contributed by atoms with Crippen LogP contribution >= 0.6 is 0 Å². The monoisotopic (exact) mass is 267 g/mol. The summed E-state index contributed by atoms with van der Waals surface area (Å²) in [6.07, 6.45) is 1.35. The van der Waals surface area contributed by atoms with Gasteiger partial charge in [0.15, 0.2) is 17.5 Å². The van der Waals surface area contributed by atoms with Crippen molar-refractivity contribution in [3.8, 4) is 0 Å². The van der Waals surface area contributed by atoms with Crippen LogP contribution in [0.3, 0.4) is 0 Å². The van der Waals surface area contributed by atoms with Gasteiger partial charge in [0.05, 0.1) is 11.4 Å². The van der Waals surface area contributed by atoms with Crippen LogP contribution in [0.25, 0.3) is 0 Å². The van der Waals surface area contributed by atoms with Crippen LogP contribution < -0.4 is 5.32 Å². The lowest BCUT2D eigenvalue weighted by molar-refractivity contribution is 0.449. The van der Waals surface area contributed by atoms with E-state index >= 15 is 0 Å². The molecule has 3 nitrogen and oxygen atoms in total. The molecule has 0 radical (unpaired) electrons. The topological polar surface area (TPSA) is 46.2 Å². The van der Waals surface area contributed by atoms with Gasteiger partial charge in [-0.2, -0.15) is 0 Å². The smallest absolute Gasteiger partial charge is 0.196 e. The zero-order chi connectivity index (χ0) is 13.1. The van der Waals surface area contributed by atoms with Crippen LogP contribution in [0.1, 0.15) is 6.42 Å². The lowest BCUT2D eigenvalue weighted by atomic mass is 10.2. The molecule has 0 heterocycles. The molecule has 17 heavy (non-hydrogen) atoms. The molecule has 0 bridgehead atoms. The maximum absolute atomic E-state index is 13.1. The van der Waals surface area contributed by atoms with E-state index in [1.165, 1.54) is 0 Å². The van der Waals surface area contributed by atoms with Gasteiger partial charge in [0, 0.05) is 12.8 Å². The van der Waals surface area contributed by atoms with Gasteiger partial charge in [0.25, 0.3) is 0 Å². The highest BCUT2D eigenvalue weighted by atomic mass is 32.2. The minimum Gasteiger partial charge on any atom is -0.383 e. The first kappa shape index (κ1) is 13.8. The summed E-state index contributed by atoms with van der Waals surface area (Å²) in [4.78, 5) is 0. The summed E-state index contributed by atoms with van der Waals surface area (Å²) >= 11 is 0. The molecule has 0 aliphatic rings. The molecule has 96 valence electrons. The molecule has 1 N–H and O–H groups in total. The van der Waals surface area contributed by atoms with Crippen molar-refractivity contribution in [1.29, 1.82) is 0 Å². The van der Waals surface area contributed by atoms with Crippen LogP contribution in [0, 0.1) is 17.5 Å². The SMILES string of the molecule is CS(=O)(=O)CCCNc1ccc(F)c(F)c1F.